The number of sulfonamides is 1. The number of nitrogens with zero attached hydrogens (tertiary/aromatic N) is 1. The predicted octanol–water partition coefficient (Wildman–Crippen LogP) is -0.127. The molecule has 1 aromatic heterocycles. The third-order valence-electron chi connectivity index (χ3n) is 1.61. The molecule has 58 valence electrons. The predicted molar refractivity (Wildman–Crippen MR) is 38.3 cm³/mol. The lowest BCUT2D eigenvalue weighted by Crippen LogP contribution is -2.13. The van der Waals surface area contributed by atoms with Gasteiger partial charge in [0.2, 0.25) is 10.0 Å². The summed E-state index contributed by atoms with van der Waals surface area (Å²) < 4.78 is 24.6. The number of pyridine rings is 1. The Balaban J connectivity index is 2.75. The largest absolute Gasteiger partial charge is 0.263 e. The van der Waals surface area contributed by atoms with E-state index in [4.69, 9.17) is 0 Å². The Labute approximate surface area is 64.3 Å². The van der Waals surface area contributed by atoms with Crippen LogP contribution in [0.1, 0.15) is 5.56 Å². The fourth-order valence-electron chi connectivity index (χ4n) is 1.05. The number of hydrogen-bond donors (Lipinski definition) is 1. The molecule has 0 aliphatic carbocycles. The van der Waals surface area contributed by atoms with Crippen LogP contribution in [0.5, 0.6) is 0 Å². The lowest BCUT2D eigenvalue weighted by molar-refractivity contribution is 0.589. The van der Waals surface area contributed by atoms with Crippen LogP contribution in [-0.2, 0) is 16.6 Å². The van der Waals surface area contributed by atoms with Crippen molar-refractivity contribution in [1.29, 1.82) is 0 Å². The fourth-order valence-corrected chi connectivity index (χ4v) is 2.23. The van der Waals surface area contributed by atoms with E-state index in [-0.39, 0.29) is 0 Å². The molecule has 1 aromatic rings. The third kappa shape index (κ3) is 0.928. The first-order valence-electron chi connectivity index (χ1n) is 3.13. The summed E-state index contributed by atoms with van der Waals surface area (Å²) in [6.45, 7) is 0.389. The number of nitrogens with one attached hydrogen (secondary N) is 1. The van der Waals surface area contributed by atoms with Crippen LogP contribution in [0.2, 0.25) is 0 Å². The molecule has 0 amide bonds. The molecule has 0 spiro atoms. The third-order valence-corrected chi connectivity index (χ3v) is 3.08. The van der Waals surface area contributed by atoms with Crippen LogP contribution >= 0.6 is 0 Å². The summed E-state index contributed by atoms with van der Waals surface area (Å²) in [6.07, 6.45) is 2.95. The van der Waals surface area contributed by atoms with Crippen molar-refractivity contribution in [1.82, 2.24) is 9.71 Å². The summed E-state index contributed by atoms with van der Waals surface area (Å²) in [5, 5.41) is 0. The molecule has 2 rings (SSSR count). The van der Waals surface area contributed by atoms with Gasteiger partial charge >= 0.3 is 0 Å². The van der Waals surface area contributed by atoms with Gasteiger partial charge in [0.05, 0.1) is 0 Å². The highest BCUT2D eigenvalue weighted by Gasteiger charge is 2.24. The Bertz CT molecular complexity index is 385. The van der Waals surface area contributed by atoms with Gasteiger partial charge in [0.15, 0.2) is 0 Å². The lowest BCUT2D eigenvalue weighted by atomic mass is 10.3. The summed E-state index contributed by atoms with van der Waals surface area (Å²) in [5.74, 6) is 0. The zero-order chi connectivity index (χ0) is 7.90. The Morgan fingerprint density at radius 1 is 1.55 bits per heavy atom. The van der Waals surface area contributed by atoms with Gasteiger partial charge in [-0.2, -0.15) is 0 Å². The smallest absolute Gasteiger partial charge is 0.242 e. The van der Waals surface area contributed by atoms with Crippen molar-refractivity contribution < 1.29 is 8.42 Å². The molecule has 1 N–H and O–H groups in total. The summed E-state index contributed by atoms with van der Waals surface area (Å²) in [7, 11) is -3.22. The molecule has 0 bridgehead atoms. The summed E-state index contributed by atoms with van der Waals surface area (Å²) >= 11 is 0. The zero-order valence-corrected chi connectivity index (χ0v) is 6.43. The van der Waals surface area contributed by atoms with Crippen LogP contribution in [-0.4, -0.2) is 13.4 Å². The molecule has 0 unspecified atom stereocenters. The molecule has 0 fully saturated rings. The van der Waals surface area contributed by atoms with Gasteiger partial charge in [-0.1, -0.05) is 0 Å². The number of fused-ring (bicyclic) bond motifs is 1. The average Bonchev–Trinajstić information content (AvgIpc) is 2.29. The molecule has 0 saturated heterocycles. The van der Waals surface area contributed by atoms with Gasteiger partial charge in [-0.25, -0.2) is 13.1 Å². The summed E-state index contributed by atoms with van der Waals surface area (Å²) in [5.41, 5.74) is 0.792. The summed E-state index contributed by atoms with van der Waals surface area (Å²) in [6, 6.07) is 1.70. The number of aromatic nitrogens is 1. The minimum Gasteiger partial charge on any atom is -0.263 e. The average molecular weight is 170 g/mol. The highest BCUT2D eigenvalue weighted by Crippen LogP contribution is 2.19. The topological polar surface area (TPSA) is 59.1 Å². The Hall–Kier alpha value is -0.940. The van der Waals surface area contributed by atoms with Gasteiger partial charge in [-0.3, -0.25) is 4.98 Å². The quantitative estimate of drug-likeness (QED) is 0.590. The minimum absolute atomic E-state index is 0.306. The standard InChI is InChI=1S/C6H6N2O2S/c9-11(10)6-4-7-2-1-5(6)3-8-11/h1-2,4,8H,3H2. The van der Waals surface area contributed by atoms with Crippen molar-refractivity contribution in [3.8, 4) is 0 Å². The molecule has 0 saturated carbocycles. The molecule has 1 aliphatic rings. The van der Waals surface area contributed by atoms with E-state index in [9.17, 15) is 8.42 Å². The van der Waals surface area contributed by atoms with E-state index < -0.39 is 10.0 Å². The molecule has 0 atom stereocenters. The SMILES string of the molecule is O=S1(=O)NCc2ccncc21. The molecule has 0 radical (unpaired) electrons. The molecule has 0 aromatic carbocycles. The van der Waals surface area contributed by atoms with Crippen LogP contribution in [0.25, 0.3) is 0 Å². The van der Waals surface area contributed by atoms with Crippen LogP contribution in [0.4, 0.5) is 0 Å². The van der Waals surface area contributed by atoms with Crippen LogP contribution in [0.3, 0.4) is 0 Å². The van der Waals surface area contributed by atoms with Crippen molar-refractivity contribution in [2.75, 3.05) is 0 Å². The van der Waals surface area contributed by atoms with E-state index in [1.165, 1.54) is 6.20 Å². The van der Waals surface area contributed by atoms with Crippen LogP contribution in [0, 0.1) is 0 Å². The fraction of sp³-hybridized carbons (Fsp3) is 0.167. The van der Waals surface area contributed by atoms with E-state index in [2.05, 4.69) is 9.71 Å². The highest BCUT2D eigenvalue weighted by atomic mass is 32.2. The zero-order valence-electron chi connectivity index (χ0n) is 5.61. The molecular formula is C6H6N2O2S. The van der Waals surface area contributed by atoms with Gasteiger partial charge in [0, 0.05) is 18.9 Å². The molecule has 5 heteroatoms. The van der Waals surface area contributed by atoms with Crippen LogP contribution in [0.15, 0.2) is 23.4 Å². The Morgan fingerprint density at radius 3 is 3.09 bits per heavy atom. The van der Waals surface area contributed by atoms with Gasteiger partial charge in [-0.05, 0) is 11.6 Å². The summed E-state index contributed by atoms with van der Waals surface area (Å²) in [4.78, 5) is 4.04. The first kappa shape index (κ1) is 6.75. The van der Waals surface area contributed by atoms with E-state index in [1.807, 2.05) is 0 Å². The normalized spacial score (nSPS) is 19.6. The first-order valence-corrected chi connectivity index (χ1v) is 4.61. The maximum atomic E-state index is 11.1. The maximum Gasteiger partial charge on any atom is 0.242 e. The van der Waals surface area contributed by atoms with E-state index in [1.54, 1.807) is 12.3 Å². The number of hydrogen-bond acceptors (Lipinski definition) is 3. The van der Waals surface area contributed by atoms with Gasteiger partial charge < -0.3 is 0 Å². The number of rotatable bonds is 0. The van der Waals surface area contributed by atoms with Crippen molar-refractivity contribution in [3.63, 3.8) is 0 Å². The van der Waals surface area contributed by atoms with Gasteiger partial charge in [0.25, 0.3) is 0 Å². The molecular weight excluding hydrogens is 164 g/mol. The second-order valence-corrected chi connectivity index (χ2v) is 4.04. The maximum absolute atomic E-state index is 11.1. The minimum atomic E-state index is -3.22. The van der Waals surface area contributed by atoms with Crippen LogP contribution < -0.4 is 4.72 Å². The monoisotopic (exact) mass is 170 g/mol. The van der Waals surface area contributed by atoms with Crippen molar-refractivity contribution in [2.24, 2.45) is 0 Å². The Morgan fingerprint density at radius 2 is 2.36 bits per heavy atom. The second kappa shape index (κ2) is 2.02. The van der Waals surface area contributed by atoms with Crippen molar-refractivity contribution in [2.45, 2.75) is 11.4 Å². The van der Waals surface area contributed by atoms with E-state index in [0.717, 1.165) is 5.56 Å². The van der Waals surface area contributed by atoms with Crippen molar-refractivity contribution in [3.05, 3.63) is 24.0 Å². The van der Waals surface area contributed by atoms with Gasteiger partial charge in [0.1, 0.15) is 4.90 Å². The highest BCUT2D eigenvalue weighted by molar-refractivity contribution is 7.89. The first-order chi connectivity index (χ1) is 5.20. The Kier molecular flexibility index (Phi) is 1.24. The molecule has 11 heavy (non-hydrogen) atoms. The second-order valence-electron chi connectivity index (χ2n) is 2.31. The van der Waals surface area contributed by atoms with Crippen molar-refractivity contribution >= 4 is 10.0 Å². The molecule has 1 aliphatic heterocycles. The van der Waals surface area contributed by atoms with E-state index >= 15 is 0 Å². The lowest BCUT2D eigenvalue weighted by Gasteiger charge is -1.92. The molecule has 4 nitrogen and oxygen atoms in total. The van der Waals surface area contributed by atoms with E-state index in [0.29, 0.717) is 11.4 Å². The van der Waals surface area contributed by atoms with Gasteiger partial charge in [-0.15, -0.1) is 0 Å². The molecule has 2 heterocycles.